The topological polar surface area (TPSA) is 46.5 Å². The van der Waals surface area contributed by atoms with E-state index in [4.69, 9.17) is 9.84 Å². The summed E-state index contributed by atoms with van der Waals surface area (Å²) in [6.45, 7) is 0.666. The van der Waals surface area contributed by atoms with Crippen molar-refractivity contribution in [3.63, 3.8) is 0 Å². The van der Waals surface area contributed by atoms with E-state index in [0.29, 0.717) is 12.2 Å². The molecule has 0 fully saturated rings. The number of benzene rings is 2. The van der Waals surface area contributed by atoms with Gasteiger partial charge in [-0.1, -0.05) is 30.3 Å². The number of hydrogen-bond acceptors (Lipinski definition) is 2. The summed E-state index contributed by atoms with van der Waals surface area (Å²) in [5.74, 6) is 0.106. The predicted molar refractivity (Wildman–Crippen MR) is 71.8 cm³/mol. The molecule has 1 atom stereocenters. The highest BCUT2D eigenvalue weighted by Gasteiger charge is 2.24. The van der Waals surface area contributed by atoms with Crippen LogP contribution in [-0.2, 0) is 0 Å². The van der Waals surface area contributed by atoms with Gasteiger partial charge in [-0.3, -0.25) is 0 Å². The zero-order valence-electron chi connectivity index (χ0n) is 10.4. The molecule has 3 rings (SSSR count). The molecule has 0 saturated heterocycles. The molecule has 0 aliphatic carbocycles. The van der Waals surface area contributed by atoms with E-state index in [1.54, 1.807) is 18.2 Å². The molecule has 2 aromatic carbocycles. The lowest BCUT2D eigenvalue weighted by atomic mass is 9.86. The van der Waals surface area contributed by atoms with E-state index < -0.39 is 5.97 Å². The van der Waals surface area contributed by atoms with Crippen LogP contribution in [0.3, 0.4) is 0 Å². The normalized spacial score (nSPS) is 17.4. The first-order valence-corrected chi connectivity index (χ1v) is 6.30. The first-order valence-electron chi connectivity index (χ1n) is 6.30. The van der Waals surface area contributed by atoms with Gasteiger partial charge in [-0.15, -0.1) is 0 Å². The molecule has 1 unspecified atom stereocenters. The molecule has 1 aliphatic rings. The van der Waals surface area contributed by atoms with Crippen LogP contribution in [0.4, 0.5) is 0 Å². The van der Waals surface area contributed by atoms with E-state index in [1.165, 1.54) is 5.56 Å². The largest absolute Gasteiger partial charge is 0.493 e. The third-order valence-corrected chi connectivity index (χ3v) is 3.50. The average Bonchev–Trinajstić information content (AvgIpc) is 2.47. The number of aromatic carboxylic acids is 1. The zero-order valence-corrected chi connectivity index (χ0v) is 10.4. The Labute approximate surface area is 111 Å². The maximum atomic E-state index is 11.1. The Hall–Kier alpha value is -2.29. The van der Waals surface area contributed by atoms with E-state index >= 15 is 0 Å². The van der Waals surface area contributed by atoms with E-state index in [0.717, 1.165) is 17.7 Å². The molecular weight excluding hydrogens is 240 g/mol. The van der Waals surface area contributed by atoms with Gasteiger partial charge < -0.3 is 9.84 Å². The summed E-state index contributed by atoms with van der Waals surface area (Å²) in [4.78, 5) is 11.1. The fourth-order valence-electron chi connectivity index (χ4n) is 2.56. The molecule has 96 valence electrons. The average molecular weight is 254 g/mol. The Kier molecular flexibility index (Phi) is 2.95. The fourth-order valence-corrected chi connectivity index (χ4v) is 2.56. The Morgan fingerprint density at radius 1 is 1.16 bits per heavy atom. The lowest BCUT2D eigenvalue weighted by Crippen LogP contribution is -2.16. The summed E-state index contributed by atoms with van der Waals surface area (Å²) < 4.78 is 5.62. The minimum Gasteiger partial charge on any atom is -0.493 e. The molecule has 2 aromatic rings. The van der Waals surface area contributed by atoms with Crippen LogP contribution < -0.4 is 4.74 Å². The Balaban J connectivity index is 2.08. The minimum atomic E-state index is -0.903. The number of carboxylic acid groups (broad SMARTS) is 1. The molecule has 1 aliphatic heterocycles. The number of carbonyl (C=O) groups is 1. The summed E-state index contributed by atoms with van der Waals surface area (Å²) >= 11 is 0. The van der Waals surface area contributed by atoms with Gasteiger partial charge >= 0.3 is 5.97 Å². The lowest BCUT2D eigenvalue weighted by molar-refractivity contribution is 0.0696. The highest BCUT2D eigenvalue weighted by Crippen LogP contribution is 2.38. The Bertz CT molecular complexity index is 605. The molecular formula is C16H14O3. The quantitative estimate of drug-likeness (QED) is 0.894. The number of ether oxygens (including phenoxy) is 1. The second-order valence-corrected chi connectivity index (χ2v) is 4.66. The van der Waals surface area contributed by atoms with Crippen molar-refractivity contribution in [1.82, 2.24) is 0 Å². The highest BCUT2D eigenvalue weighted by atomic mass is 16.5. The van der Waals surface area contributed by atoms with Crippen molar-refractivity contribution < 1.29 is 14.6 Å². The molecule has 1 N–H and O–H groups in total. The van der Waals surface area contributed by atoms with Gasteiger partial charge in [-0.2, -0.15) is 0 Å². The number of rotatable bonds is 2. The van der Waals surface area contributed by atoms with Crippen LogP contribution in [0.15, 0.2) is 48.5 Å². The lowest BCUT2D eigenvalue weighted by Gasteiger charge is -2.26. The maximum absolute atomic E-state index is 11.1. The molecule has 1 heterocycles. The maximum Gasteiger partial charge on any atom is 0.335 e. The molecule has 0 spiro atoms. The highest BCUT2D eigenvalue weighted by molar-refractivity contribution is 5.88. The molecule has 0 radical (unpaired) electrons. The van der Waals surface area contributed by atoms with Crippen LogP contribution in [0.2, 0.25) is 0 Å². The van der Waals surface area contributed by atoms with E-state index in [-0.39, 0.29) is 5.92 Å². The van der Waals surface area contributed by atoms with Crippen molar-refractivity contribution in [2.24, 2.45) is 0 Å². The summed E-state index contributed by atoms with van der Waals surface area (Å²) in [6, 6.07) is 15.2. The smallest absolute Gasteiger partial charge is 0.335 e. The van der Waals surface area contributed by atoms with Gasteiger partial charge in [0.1, 0.15) is 5.75 Å². The van der Waals surface area contributed by atoms with Crippen molar-refractivity contribution in [1.29, 1.82) is 0 Å². The second-order valence-electron chi connectivity index (χ2n) is 4.66. The van der Waals surface area contributed by atoms with Crippen molar-refractivity contribution in [3.8, 4) is 5.75 Å². The molecule has 19 heavy (non-hydrogen) atoms. The minimum absolute atomic E-state index is 0.212. The summed E-state index contributed by atoms with van der Waals surface area (Å²) in [6.07, 6.45) is 0.875. The Morgan fingerprint density at radius 3 is 2.68 bits per heavy atom. The third kappa shape index (κ3) is 2.19. The number of carboxylic acids is 1. The first-order chi connectivity index (χ1) is 9.25. The standard InChI is InChI=1S/C16H14O3/c17-16(18)12-6-7-15-14(10-12)13(8-9-19-15)11-4-2-1-3-5-11/h1-7,10,13H,8-9H2,(H,17,18). The fraction of sp³-hybridized carbons (Fsp3) is 0.188. The molecule has 0 aromatic heterocycles. The molecule has 0 bridgehead atoms. The molecule has 0 amide bonds. The summed E-state index contributed by atoms with van der Waals surface area (Å²) in [5, 5.41) is 9.10. The molecule has 3 heteroatoms. The monoisotopic (exact) mass is 254 g/mol. The van der Waals surface area contributed by atoms with Crippen LogP contribution >= 0.6 is 0 Å². The van der Waals surface area contributed by atoms with Crippen LogP contribution in [-0.4, -0.2) is 17.7 Å². The zero-order chi connectivity index (χ0) is 13.2. The number of hydrogen-bond donors (Lipinski definition) is 1. The van der Waals surface area contributed by atoms with Crippen LogP contribution in [0.25, 0.3) is 0 Å². The van der Waals surface area contributed by atoms with Gasteiger partial charge in [0.15, 0.2) is 0 Å². The van der Waals surface area contributed by atoms with Gasteiger partial charge in [0, 0.05) is 11.5 Å². The molecule has 0 saturated carbocycles. The SMILES string of the molecule is O=C(O)c1ccc2c(c1)C(c1ccccc1)CCO2. The number of fused-ring (bicyclic) bond motifs is 1. The van der Waals surface area contributed by atoms with Gasteiger partial charge in [0.05, 0.1) is 12.2 Å². The van der Waals surface area contributed by atoms with E-state index in [9.17, 15) is 4.79 Å². The predicted octanol–water partition coefficient (Wildman–Crippen LogP) is 3.30. The van der Waals surface area contributed by atoms with Gasteiger partial charge in [-0.05, 0) is 30.2 Å². The van der Waals surface area contributed by atoms with Crippen molar-refractivity contribution in [3.05, 3.63) is 65.2 Å². The van der Waals surface area contributed by atoms with Crippen LogP contribution in [0, 0.1) is 0 Å². The second kappa shape index (κ2) is 4.76. The van der Waals surface area contributed by atoms with Crippen molar-refractivity contribution in [2.75, 3.05) is 6.61 Å². The van der Waals surface area contributed by atoms with Crippen molar-refractivity contribution >= 4 is 5.97 Å². The summed E-state index contributed by atoms with van der Waals surface area (Å²) in [5.41, 5.74) is 2.48. The first kappa shape index (κ1) is 11.8. The molecule has 3 nitrogen and oxygen atoms in total. The van der Waals surface area contributed by atoms with Crippen LogP contribution in [0.5, 0.6) is 5.75 Å². The Morgan fingerprint density at radius 2 is 1.95 bits per heavy atom. The van der Waals surface area contributed by atoms with Gasteiger partial charge in [0.2, 0.25) is 0 Å². The van der Waals surface area contributed by atoms with Crippen LogP contribution in [0.1, 0.15) is 33.8 Å². The van der Waals surface area contributed by atoms with Crippen molar-refractivity contribution in [2.45, 2.75) is 12.3 Å². The summed E-state index contributed by atoms with van der Waals surface area (Å²) in [7, 11) is 0. The van der Waals surface area contributed by atoms with Gasteiger partial charge in [0.25, 0.3) is 0 Å². The van der Waals surface area contributed by atoms with E-state index in [2.05, 4.69) is 12.1 Å². The van der Waals surface area contributed by atoms with E-state index in [1.807, 2.05) is 18.2 Å². The van der Waals surface area contributed by atoms with Gasteiger partial charge in [-0.25, -0.2) is 4.79 Å². The third-order valence-electron chi connectivity index (χ3n) is 3.50.